The van der Waals surface area contributed by atoms with Gasteiger partial charge in [0.05, 0.1) is 0 Å². The van der Waals surface area contributed by atoms with Crippen molar-refractivity contribution >= 4 is 21.7 Å². The molecule has 1 aromatic carbocycles. The zero-order valence-corrected chi connectivity index (χ0v) is 11.4. The Labute approximate surface area is 110 Å². The maximum absolute atomic E-state index is 12.0. The molecule has 0 amide bonds. The molecule has 0 bridgehead atoms. The lowest BCUT2D eigenvalue weighted by Gasteiger charge is -2.21. The van der Waals surface area contributed by atoms with Crippen LogP contribution in [0.25, 0.3) is 0 Å². The minimum absolute atomic E-state index is 0.337. The number of carbonyl (C=O) groups excluding carboxylic acids is 1. The van der Waals surface area contributed by atoms with Gasteiger partial charge in [-0.1, -0.05) is 34.1 Å². The highest BCUT2D eigenvalue weighted by Crippen LogP contribution is 2.21. The molecule has 3 heteroatoms. The van der Waals surface area contributed by atoms with E-state index in [1.165, 1.54) is 0 Å². The standard InChI is InChI=1S/C14H17BrO2/c15-14-4-2-1-3-12(14)10-13(16)9-11-5-7-17-8-6-11/h1-4,11H,5-10H2. The summed E-state index contributed by atoms with van der Waals surface area (Å²) >= 11 is 3.48. The van der Waals surface area contributed by atoms with Crippen molar-refractivity contribution in [2.24, 2.45) is 5.92 Å². The number of carbonyl (C=O) groups is 1. The van der Waals surface area contributed by atoms with E-state index in [-0.39, 0.29) is 0 Å². The van der Waals surface area contributed by atoms with Gasteiger partial charge in [-0.2, -0.15) is 0 Å². The zero-order valence-electron chi connectivity index (χ0n) is 9.82. The van der Waals surface area contributed by atoms with Crippen molar-refractivity contribution in [3.05, 3.63) is 34.3 Å². The van der Waals surface area contributed by atoms with Gasteiger partial charge in [0.25, 0.3) is 0 Å². The highest BCUT2D eigenvalue weighted by molar-refractivity contribution is 9.10. The quantitative estimate of drug-likeness (QED) is 0.851. The van der Waals surface area contributed by atoms with Crippen LogP contribution in [0.1, 0.15) is 24.8 Å². The first-order chi connectivity index (χ1) is 8.25. The molecule has 1 aliphatic rings. The van der Waals surface area contributed by atoms with Gasteiger partial charge in [0, 0.05) is 30.5 Å². The molecule has 0 atom stereocenters. The SMILES string of the molecule is O=C(Cc1ccccc1Br)CC1CCOCC1. The fourth-order valence-corrected chi connectivity index (χ4v) is 2.62. The Kier molecular flexibility index (Phi) is 4.75. The lowest BCUT2D eigenvalue weighted by molar-refractivity contribution is -0.120. The van der Waals surface area contributed by atoms with E-state index in [4.69, 9.17) is 4.74 Å². The van der Waals surface area contributed by atoms with Gasteiger partial charge in [-0.15, -0.1) is 0 Å². The molecule has 0 aromatic heterocycles. The van der Waals surface area contributed by atoms with Gasteiger partial charge in [-0.05, 0) is 30.4 Å². The van der Waals surface area contributed by atoms with Crippen LogP contribution in [0.2, 0.25) is 0 Å². The number of Topliss-reactive ketones (excluding diaryl/α,β-unsaturated/α-hetero) is 1. The molecular formula is C14H17BrO2. The van der Waals surface area contributed by atoms with Crippen LogP contribution in [0, 0.1) is 5.92 Å². The molecule has 0 radical (unpaired) electrons. The van der Waals surface area contributed by atoms with Crippen LogP contribution < -0.4 is 0 Å². The number of rotatable bonds is 4. The van der Waals surface area contributed by atoms with E-state index in [0.29, 0.717) is 24.5 Å². The summed E-state index contributed by atoms with van der Waals surface area (Å²) in [5, 5.41) is 0. The van der Waals surface area contributed by atoms with Gasteiger partial charge in [0.15, 0.2) is 0 Å². The number of benzene rings is 1. The van der Waals surface area contributed by atoms with Crippen molar-refractivity contribution in [3.8, 4) is 0 Å². The third-order valence-electron chi connectivity index (χ3n) is 3.20. The molecule has 92 valence electrons. The molecule has 2 nitrogen and oxygen atoms in total. The summed E-state index contributed by atoms with van der Waals surface area (Å²) in [6.45, 7) is 1.62. The molecule has 0 saturated carbocycles. The van der Waals surface area contributed by atoms with Crippen molar-refractivity contribution in [3.63, 3.8) is 0 Å². The summed E-state index contributed by atoms with van der Waals surface area (Å²) in [5.41, 5.74) is 1.09. The first-order valence-electron chi connectivity index (χ1n) is 6.08. The summed E-state index contributed by atoms with van der Waals surface area (Å²) in [6.07, 6.45) is 3.30. The van der Waals surface area contributed by atoms with E-state index in [9.17, 15) is 4.79 Å². The number of hydrogen-bond donors (Lipinski definition) is 0. The smallest absolute Gasteiger partial charge is 0.137 e. The van der Waals surface area contributed by atoms with Crippen LogP contribution in [-0.2, 0) is 16.0 Å². The number of ether oxygens (including phenoxy) is 1. The van der Waals surface area contributed by atoms with E-state index in [2.05, 4.69) is 15.9 Å². The molecule has 1 saturated heterocycles. The second-order valence-corrected chi connectivity index (χ2v) is 5.42. The molecule has 1 aromatic rings. The fourth-order valence-electron chi connectivity index (χ4n) is 2.20. The second kappa shape index (κ2) is 6.31. The fraction of sp³-hybridized carbons (Fsp3) is 0.500. The minimum Gasteiger partial charge on any atom is -0.381 e. The Hall–Kier alpha value is -0.670. The number of hydrogen-bond acceptors (Lipinski definition) is 2. The third-order valence-corrected chi connectivity index (χ3v) is 3.98. The van der Waals surface area contributed by atoms with Crippen LogP contribution >= 0.6 is 15.9 Å². The lowest BCUT2D eigenvalue weighted by atomic mass is 9.92. The Morgan fingerprint density at radius 2 is 2.00 bits per heavy atom. The van der Waals surface area contributed by atoms with E-state index in [1.54, 1.807) is 0 Å². The second-order valence-electron chi connectivity index (χ2n) is 4.57. The van der Waals surface area contributed by atoms with E-state index in [1.807, 2.05) is 24.3 Å². The van der Waals surface area contributed by atoms with Crippen molar-refractivity contribution in [1.82, 2.24) is 0 Å². The van der Waals surface area contributed by atoms with Crippen molar-refractivity contribution in [1.29, 1.82) is 0 Å². The average molecular weight is 297 g/mol. The summed E-state index contributed by atoms with van der Waals surface area (Å²) in [7, 11) is 0. The van der Waals surface area contributed by atoms with Crippen LogP contribution in [0.3, 0.4) is 0 Å². The number of halogens is 1. The summed E-state index contributed by atoms with van der Waals surface area (Å²) in [4.78, 5) is 12.0. The molecule has 0 aliphatic carbocycles. The Bertz CT molecular complexity index is 384. The van der Waals surface area contributed by atoms with Crippen LogP contribution in [0.4, 0.5) is 0 Å². The van der Waals surface area contributed by atoms with Crippen molar-refractivity contribution in [2.45, 2.75) is 25.7 Å². The highest BCUT2D eigenvalue weighted by Gasteiger charge is 2.17. The highest BCUT2D eigenvalue weighted by atomic mass is 79.9. The molecular weight excluding hydrogens is 280 g/mol. The minimum atomic E-state index is 0.337. The van der Waals surface area contributed by atoms with Crippen LogP contribution in [-0.4, -0.2) is 19.0 Å². The lowest BCUT2D eigenvalue weighted by Crippen LogP contribution is -2.19. The maximum Gasteiger partial charge on any atom is 0.137 e. The van der Waals surface area contributed by atoms with Gasteiger partial charge in [-0.3, -0.25) is 4.79 Å². The predicted molar refractivity (Wildman–Crippen MR) is 71.0 cm³/mol. The third kappa shape index (κ3) is 3.93. The van der Waals surface area contributed by atoms with Gasteiger partial charge in [-0.25, -0.2) is 0 Å². The van der Waals surface area contributed by atoms with Crippen molar-refractivity contribution in [2.75, 3.05) is 13.2 Å². The van der Waals surface area contributed by atoms with Crippen LogP contribution in [0.15, 0.2) is 28.7 Å². The van der Waals surface area contributed by atoms with Gasteiger partial charge in [0.2, 0.25) is 0 Å². The summed E-state index contributed by atoms with van der Waals surface area (Å²) in [6, 6.07) is 7.93. The molecule has 1 aliphatic heterocycles. The van der Waals surface area contributed by atoms with Crippen LogP contribution in [0.5, 0.6) is 0 Å². The average Bonchev–Trinajstić information content (AvgIpc) is 2.33. The van der Waals surface area contributed by atoms with E-state index < -0.39 is 0 Å². The Morgan fingerprint density at radius 1 is 1.29 bits per heavy atom. The molecule has 0 spiro atoms. The summed E-state index contributed by atoms with van der Waals surface area (Å²) < 4.78 is 6.33. The summed E-state index contributed by atoms with van der Waals surface area (Å²) in [5.74, 6) is 0.863. The topological polar surface area (TPSA) is 26.3 Å². The zero-order chi connectivity index (χ0) is 12.1. The first kappa shape index (κ1) is 12.8. The molecule has 17 heavy (non-hydrogen) atoms. The molecule has 1 heterocycles. The van der Waals surface area contributed by atoms with E-state index in [0.717, 1.165) is 36.1 Å². The Balaban J connectivity index is 1.86. The largest absolute Gasteiger partial charge is 0.381 e. The van der Waals surface area contributed by atoms with Gasteiger partial charge >= 0.3 is 0 Å². The molecule has 1 fully saturated rings. The van der Waals surface area contributed by atoms with Gasteiger partial charge < -0.3 is 4.74 Å². The predicted octanol–water partition coefficient (Wildman–Crippen LogP) is 3.38. The maximum atomic E-state index is 12.0. The first-order valence-corrected chi connectivity index (χ1v) is 6.88. The normalized spacial score (nSPS) is 17.0. The monoisotopic (exact) mass is 296 g/mol. The molecule has 0 unspecified atom stereocenters. The van der Waals surface area contributed by atoms with Crippen molar-refractivity contribution < 1.29 is 9.53 Å². The van der Waals surface area contributed by atoms with E-state index >= 15 is 0 Å². The molecule has 0 N–H and O–H groups in total. The number of ketones is 1. The molecule has 2 rings (SSSR count). The Morgan fingerprint density at radius 3 is 2.71 bits per heavy atom. The van der Waals surface area contributed by atoms with Gasteiger partial charge in [0.1, 0.15) is 5.78 Å².